The first kappa shape index (κ1) is 95.6. The molecule has 1 aliphatic carbocycles. The second-order valence-corrected chi connectivity index (χ2v) is 40.3. The van der Waals surface area contributed by atoms with Crippen LogP contribution in [0, 0.1) is 11.6 Å². The smallest absolute Gasteiger partial charge is 0.416 e. The van der Waals surface area contributed by atoms with Crippen molar-refractivity contribution in [1.82, 2.24) is 32.5 Å². The third-order valence-electron chi connectivity index (χ3n) is 24.4. The predicted molar refractivity (Wildman–Crippen MR) is 529 cm³/mol. The van der Waals surface area contributed by atoms with E-state index in [1.807, 2.05) is 91.0 Å². The molecule has 7 amide bonds. The van der Waals surface area contributed by atoms with E-state index >= 15 is 0 Å². The minimum absolute atomic E-state index is 0.0215. The number of halogens is 8. The summed E-state index contributed by atoms with van der Waals surface area (Å²) in [5.74, 6) is -9.34. The number of hydrogen-bond acceptors (Lipinski definition) is 19. The van der Waals surface area contributed by atoms with Crippen molar-refractivity contribution in [3.05, 3.63) is 369 Å². The van der Waals surface area contributed by atoms with Crippen LogP contribution in [0.4, 0.5) is 39.0 Å². The third kappa shape index (κ3) is 17.8. The quantitative estimate of drug-likeness (QED) is 0.0393. The van der Waals surface area contributed by atoms with Gasteiger partial charge in [0.25, 0.3) is 29.2 Å². The Kier molecular flexibility index (Phi) is 25.6. The number of alkyl halides is 3. The molecule has 28 nitrogen and oxygen atoms in total. The SMILES string of the molecule is CS(=O)(=O)NC(=O)c1c(-n2c(=O)[nH]c3sccc3c2=O)c2cc(C(F)(F)F)ccc2n1Cc1cc(F)ccc1F.O=C(O)c1c(N2C(=O)Cc3sc4c(c3C2=O)CCCC4)c2cc(Cl)ccc2n1Cc1ccccc1.O=C(O)c1c(N2C(=O)Cc3scc(-c4ccco4)c3C2=O)c2cc(Cl)ccc2n1Cc1ccccc1.O=C(O)c1c(N2C(=O)Cc3sccc3C2=O)c2cc(Cl)ccc2n1Cc1ccccc1. The van der Waals surface area contributed by atoms with Crippen LogP contribution in [0.15, 0.2) is 243 Å². The lowest BCUT2D eigenvalue weighted by atomic mass is 9.92. The van der Waals surface area contributed by atoms with Crippen molar-refractivity contribution in [3.63, 3.8) is 0 Å². The van der Waals surface area contributed by atoms with Crippen molar-refractivity contribution in [1.29, 1.82) is 0 Å². The van der Waals surface area contributed by atoms with E-state index in [0.29, 0.717) is 109 Å². The lowest BCUT2D eigenvalue weighted by molar-refractivity contribution is -0.137. The van der Waals surface area contributed by atoms with E-state index in [4.69, 9.17) is 39.2 Å². The van der Waals surface area contributed by atoms with E-state index in [0.717, 1.165) is 108 Å². The molecule has 18 aromatic rings. The minimum Gasteiger partial charge on any atom is -0.477 e. The maximum atomic E-state index is 14.6. The van der Waals surface area contributed by atoms with Gasteiger partial charge in [-0.25, -0.2) is 60.4 Å². The summed E-state index contributed by atoms with van der Waals surface area (Å²) in [6.07, 6.45) is 1.15. The second-order valence-electron chi connectivity index (χ2n) is 33.2. The van der Waals surface area contributed by atoms with Gasteiger partial charge >= 0.3 is 29.8 Å². The molecule has 0 spiro atoms. The van der Waals surface area contributed by atoms with E-state index in [2.05, 4.69) is 4.98 Å². The number of carboxylic acids is 3. The summed E-state index contributed by atoms with van der Waals surface area (Å²) in [4.78, 5) is 168. The molecule has 13 heterocycles. The number of H-pyrrole nitrogens is 1. The molecule has 142 heavy (non-hydrogen) atoms. The molecule has 22 rings (SSSR count). The predicted octanol–water partition coefficient (Wildman–Crippen LogP) is 20.4. The Labute approximate surface area is 828 Å². The highest BCUT2D eigenvalue weighted by Crippen LogP contribution is 2.48. The number of furan rings is 1. The van der Waals surface area contributed by atoms with Crippen molar-refractivity contribution in [3.8, 4) is 17.0 Å². The number of thiophene rings is 4. The summed E-state index contributed by atoms with van der Waals surface area (Å²) < 4.78 is 107. The molecule has 4 aliphatic rings. The van der Waals surface area contributed by atoms with Crippen molar-refractivity contribution in [2.24, 2.45) is 0 Å². The molecule has 10 aromatic heterocycles. The van der Waals surface area contributed by atoms with E-state index in [1.54, 1.807) is 113 Å². The van der Waals surface area contributed by atoms with Crippen LogP contribution in [0.5, 0.6) is 0 Å². The standard InChI is InChI=1S/C27H17ClN2O5S.C27H21ClN2O4S.C24H15F5N4O5S2.C23H15ClN2O4S/c28-16-8-9-19-17(11-16)24(25(27(33)34)29(19)13-15-5-2-1-3-6-15)30-22(31)12-21-23(26(30)32)18(14-36-21)20-7-4-10-35-20;28-16-10-11-19-18(12-16)24(25(27(33)34)29(19)14-15-6-2-1-3-7-15)30-22(31)13-21-23(26(30)32)17-8-4-5-9-20(17)35-21;1-40(37,38)31-20(34)19-18(33-22(35)14-6-7-39-21(14)30-23(33)36)15-9-12(24(27,28)29)2-5-17(15)32(19)10-11-8-13(25)3-4-16(11)26;24-14-6-7-17-16(10-14)20(26-19(27)11-18-15(22(26)28)8-9-31-18)21(23(29)30)25(17)12-13-4-2-1-3-5-13/h1-11,14H,12-13H2,(H,33,34);1-3,6-7,10-12H,4-5,8-9,13-14H2,(H,33,34);2-9H,10H2,1H3,(H,30,36)(H,31,34);1-10H,11-12H2,(H,29,30). The van der Waals surface area contributed by atoms with Crippen LogP contribution in [-0.2, 0) is 88.9 Å². The highest BCUT2D eigenvalue weighted by atomic mass is 35.5. The molecule has 0 saturated carbocycles. The number of carbonyl (C=O) groups excluding carboxylic acids is 7. The van der Waals surface area contributed by atoms with Gasteiger partial charge in [-0.1, -0.05) is 126 Å². The Morgan fingerprint density at radius 1 is 0.472 bits per heavy atom. The molecule has 0 fully saturated rings. The number of imide groups is 3. The maximum Gasteiger partial charge on any atom is 0.416 e. The molecule has 0 radical (unpaired) electrons. The summed E-state index contributed by atoms with van der Waals surface area (Å²) in [5, 5.41) is 37.8. The number of aromatic nitrogens is 6. The number of aromatic amines is 1. The fraction of sp³-hybridized carbons (Fsp3) is 0.129. The minimum atomic E-state index is -4.90. The fourth-order valence-electron chi connectivity index (χ4n) is 18.4. The van der Waals surface area contributed by atoms with Gasteiger partial charge in [-0.2, -0.15) is 13.2 Å². The van der Waals surface area contributed by atoms with E-state index < -0.39 is 127 Å². The highest BCUT2D eigenvalue weighted by Gasteiger charge is 2.46. The van der Waals surface area contributed by atoms with Crippen LogP contribution in [0.1, 0.15) is 139 Å². The van der Waals surface area contributed by atoms with Gasteiger partial charge in [-0.3, -0.25) is 43.3 Å². The van der Waals surface area contributed by atoms with Gasteiger partial charge in [-0.05, 0) is 174 Å². The number of anilines is 3. The number of benzene rings is 8. The number of carbonyl (C=O) groups is 10. The molecular formula is C101H68Cl3F5N10O18S5. The van der Waals surface area contributed by atoms with Crippen LogP contribution in [-0.4, -0.2) is 117 Å². The average Bonchev–Trinajstić information content (AvgIpc) is 1.58. The normalized spacial score (nSPS) is 13.7. The Morgan fingerprint density at radius 3 is 1.44 bits per heavy atom. The number of fused-ring (bicyclic) bond motifs is 10. The van der Waals surface area contributed by atoms with Gasteiger partial charge < -0.3 is 38.0 Å². The number of hydrogen-bond donors (Lipinski definition) is 5. The zero-order valence-electron chi connectivity index (χ0n) is 73.3. The molecule has 0 bridgehead atoms. The van der Waals surface area contributed by atoms with Crippen molar-refractivity contribution >= 4 is 220 Å². The lowest BCUT2D eigenvalue weighted by Gasteiger charge is -2.26. The number of aromatic carboxylic acids is 3. The zero-order chi connectivity index (χ0) is 100. The number of aryl methyl sites for hydroxylation is 1. The summed E-state index contributed by atoms with van der Waals surface area (Å²) in [5.41, 5.74) is 1.80. The number of nitrogens with zero attached hydrogens (tertiary/aromatic N) is 8. The van der Waals surface area contributed by atoms with Crippen LogP contribution < -0.4 is 30.7 Å². The molecule has 5 N–H and O–H groups in total. The number of carboxylic acid groups (broad SMARTS) is 3. The van der Waals surface area contributed by atoms with E-state index in [1.165, 1.54) is 45.3 Å². The Morgan fingerprint density at radius 2 is 0.944 bits per heavy atom. The number of sulfonamides is 1. The van der Waals surface area contributed by atoms with Crippen LogP contribution >= 0.6 is 80.1 Å². The summed E-state index contributed by atoms with van der Waals surface area (Å²) in [6.45, 7) is 0.0833. The molecule has 0 atom stereocenters. The first-order chi connectivity index (χ1) is 68.0. The first-order valence-corrected chi connectivity index (χ1v) is 49.6. The van der Waals surface area contributed by atoms with Crippen molar-refractivity contribution in [2.75, 3.05) is 21.0 Å². The summed E-state index contributed by atoms with van der Waals surface area (Å²) in [6, 6.07) is 54.3. The first-order valence-electron chi connectivity index (χ1n) is 43.1. The molecule has 0 saturated heterocycles. The molecule has 41 heteroatoms. The Hall–Kier alpha value is -15.3. The van der Waals surface area contributed by atoms with Gasteiger partial charge in [0, 0.05) is 92.3 Å². The summed E-state index contributed by atoms with van der Waals surface area (Å²) in [7, 11) is -4.29. The molecule has 0 unspecified atom stereocenters. The van der Waals surface area contributed by atoms with Gasteiger partial charge in [-0.15, -0.1) is 45.3 Å². The van der Waals surface area contributed by atoms with Crippen molar-refractivity contribution in [2.45, 2.75) is 77.3 Å². The van der Waals surface area contributed by atoms with Crippen LogP contribution in [0.3, 0.4) is 0 Å². The zero-order valence-corrected chi connectivity index (χ0v) is 79.7. The third-order valence-corrected chi connectivity index (χ3v) is 29.6. The summed E-state index contributed by atoms with van der Waals surface area (Å²) >= 11 is 24.1. The van der Waals surface area contributed by atoms with Crippen LogP contribution in [0.25, 0.3) is 70.8 Å². The van der Waals surface area contributed by atoms with Gasteiger partial charge in [0.2, 0.25) is 27.7 Å². The van der Waals surface area contributed by atoms with Crippen LogP contribution in [0.2, 0.25) is 15.1 Å². The number of amides is 7. The second kappa shape index (κ2) is 38.0. The Balaban J connectivity index is 0.000000121. The highest BCUT2D eigenvalue weighted by molar-refractivity contribution is 7.89. The molecule has 8 aromatic carbocycles. The van der Waals surface area contributed by atoms with Gasteiger partial charge in [0.15, 0.2) is 17.1 Å². The van der Waals surface area contributed by atoms with Gasteiger partial charge in [0.1, 0.15) is 27.9 Å². The Bertz CT molecular complexity index is 8630. The van der Waals surface area contributed by atoms with E-state index in [-0.39, 0.29) is 94.3 Å². The fourth-order valence-corrected chi connectivity index (χ4v) is 23.4. The monoisotopic (exact) mass is 2070 g/mol. The van der Waals surface area contributed by atoms with E-state index in [9.17, 15) is 103 Å². The number of nitrogens with one attached hydrogen (secondary N) is 2. The topological polar surface area (TPSA) is 375 Å². The molecule has 716 valence electrons. The molecule has 3 aliphatic heterocycles. The average molecular weight is 2070 g/mol. The van der Waals surface area contributed by atoms with Gasteiger partial charge in [0.05, 0.1) is 111 Å². The largest absolute Gasteiger partial charge is 0.477 e. The van der Waals surface area contributed by atoms with Crippen molar-refractivity contribution < 1.29 is 98.1 Å². The number of rotatable bonds is 18. The maximum absolute atomic E-state index is 14.6. The lowest BCUT2D eigenvalue weighted by Crippen LogP contribution is -2.43. The molecular weight excluding hydrogens is 2000 g/mol.